The Balaban J connectivity index is 2.10. The van der Waals surface area contributed by atoms with Crippen molar-refractivity contribution in [1.29, 1.82) is 0 Å². The molecule has 0 fully saturated rings. The lowest BCUT2D eigenvalue weighted by atomic mass is 9.82. The molecule has 2 aromatic heterocycles. The number of para-hydroxylation sites is 1. The van der Waals surface area contributed by atoms with Gasteiger partial charge in [-0.25, -0.2) is 4.98 Å². The number of nitrogens with one attached hydrogen (secondary N) is 1. The molecule has 0 atom stereocenters. The summed E-state index contributed by atoms with van der Waals surface area (Å²) in [5.41, 5.74) is 5.44. The third-order valence-electron chi connectivity index (χ3n) is 5.07. The molecule has 0 aliphatic heterocycles. The highest BCUT2D eigenvalue weighted by atomic mass is 16.5. The maximum Gasteiger partial charge on any atom is 0.139 e. The normalized spacial score (nSPS) is 12.7. The second-order valence-corrected chi connectivity index (χ2v) is 10.0. The number of ether oxygens (including phenoxy) is 1. The topological polar surface area (TPSA) is 38.6 Å². The van der Waals surface area contributed by atoms with Gasteiger partial charge in [0.25, 0.3) is 0 Å². The predicted molar refractivity (Wildman–Crippen MR) is 128 cm³/mol. The van der Waals surface area contributed by atoms with Gasteiger partial charge in [-0.05, 0) is 75.4 Å². The second kappa shape index (κ2) is 8.17. The Morgan fingerprint density at radius 2 is 1.73 bits per heavy atom. The first kappa shape index (κ1) is 21.9. The van der Waals surface area contributed by atoms with E-state index in [0.29, 0.717) is 0 Å². The van der Waals surface area contributed by atoms with Gasteiger partial charge in [-0.15, -0.1) is 0 Å². The van der Waals surface area contributed by atoms with E-state index in [1.165, 1.54) is 11.3 Å². The van der Waals surface area contributed by atoms with Crippen LogP contribution in [0.4, 0.5) is 5.82 Å². The predicted octanol–water partition coefficient (Wildman–Crippen LogP) is 6.76. The van der Waals surface area contributed by atoms with Crippen LogP contribution in [0.2, 0.25) is 0 Å². The number of hydrogen-bond donors (Lipinski definition) is 1. The molecular formula is C26H35N3O. The van der Waals surface area contributed by atoms with E-state index in [9.17, 15) is 0 Å². The van der Waals surface area contributed by atoms with E-state index in [2.05, 4.69) is 88.5 Å². The molecule has 0 bridgehead atoms. The van der Waals surface area contributed by atoms with E-state index in [1.807, 2.05) is 18.2 Å². The fraction of sp³-hybridized carbons (Fsp3) is 0.423. The van der Waals surface area contributed by atoms with Crippen LogP contribution in [0, 0.1) is 19.3 Å². The van der Waals surface area contributed by atoms with Gasteiger partial charge >= 0.3 is 0 Å². The first-order valence-corrected chi connectivity index (χ1v) is 10.6. The van der Waals surface area contributed by atoms with E-state index >= 15 is 0 Å². The van der Waals surface area contributed by atoms with Crippen LogP contribution in [0.1, 0.15) is 63.6 Å². The minimum Gasteiger partial charge on any atom is -0.496 e. The molecule has 2 heterocycles. The molecule has 0 saturated heterocycles. The molecule has 3 rings (SSSR count). The van der Waals surface area contributed by atoms with Crippen molar-refractivity contribution in [1.82, 2.24) is 9.38 Å². The van der Waals surface area contributed by atoms with Crippen molar-refractivity contribution in [2.75, 3.05) is 12.4 Å². The molecular weight excluding hydrogens is 370 g/mol. The summed E-state index contributed by atoms with van der Waals surface area (Å²) in [5, 5.41) is 3.81. The number of fused-ring (bicyclic) bond motifs is 1. The first-order chi connectivity index (χ1) is 14.0. The van der Waals surface area contributed by atoms with Gasteiger partial charge in [-0.3, -0.25) is 4.40 Å². The summed E-state index contributed by atoms with van der Waals surface area (Å²) < 4.78 is 7.72. The van der Waals surface area contributed by atoms with Crippen molar-refractivity contribution >= 4 is 23.6 Å². The highest BCUT2D eigenvalue weighted by Gasteiger charge is 2.27. The van der Waals surface area contributed by atoms with Crippen LogP contribution in [0.3, 0.4) is 0 Å². The molecule has 0 amide bonds. The van der Waals surface area contributed by atoms with Crippen molar-refractivity contribution in [2.24, 2.45) is 5.41 Å². The summed E-state index contributed by atoms with van der Waals surface area (Å²) >= 11 is 0. The number of benzene rings is 1. The van der Waals surface area contributed by atoms with Crippen LogP contribution in [-0.4, -0.2) is 22.0 Å². The number of methoxy groups -OCH3 is 1. The quantitative estimate of drug-likeness (QED) is 0.492. The molecule has 4 heteroatoms. The van der Waals surface area contributed by atoms with Gasteiger partial charge in [0.15, 0.2) is 0 Å². The van der Waals surface area contributed by atoms with Crippen molar-refractivity contribution < 1.29 is 4.74 Å². The van der Waals surface area contributed by atoms with E-state index in [0.717, 1.165) is 34.9 Å². The van der Waals surface area contributed by atoms with Crippen molar-refractivity contribution in [3.8, 4) is 5.75 Å². The van der Waals surface area contributed by atoms with Crippen molar-refractivity contribution in [3.05, 3.63) is 58.9 Å². The van der Waals surface area contributed by atoms with Crippen LogP contribution < -0.4 is 10.1 Å². The number of hydrogen-bond acceptors (Lipinski definition) is 3. The first-order valence-electron chi connectivity index (χ1n) is 10.6. The van der Waals surface area contributed by atoms with Crippen LogP contribution in [-0.2, 0) is 0 Å². The van der Waals surface area contributed by atoms with Gasteiger partial charge in [0.2, 0.25) is 0 Å². The Morgan fingerprint density at radius 3 is 2.40 bits per heavy atom. The van der Waals surface area contributed by atoms with Gasteiger partial charge in [-0.2, -0.15) is 0 Å². The zero-order chi connectivity index (χ0) is 22.1. The third kappa shape index (κ3) is 5.05. The zero-order valence-electron chi connectivity index (χ0n) is 19.6. The summed E-state index contributed by atoms with van der Waals surface area (Å²) in [4.78, 5) is 4.96. The molecule has 0 radical (unpaired) electrons. The van der Waals surface area contributed by atoms with Crippen molar-refractivity contribution in [3.63, 3.8) is 0 Å². The van der Waals surface area contributed by atoms with Crippen molar-refractivity contribution in [2.45, 2.75) is 60.4 Å². The maximum atomic E-state index is 5.50. The number of nitrogens with zero attached hydrogens (tertiary/aromatic N) is 2. The molecule has 1 N–H and O–H groups in total. The largest absolute Gasteiger partial charge is 0.496 e. The average molecular weight is 406 g/mol. The lowest BCUT2D eigenvalue weighted by Gasteiger charge is -2.34. The molecule has 4 nitrogen and oxygen atoms in total. The van der Waals surface area contributed by atoms with Crippen LogP contribution in [0.25, 0.3) is 17.8 Å². The van der Waals surface area contributed by atoms with Gasteiger partial charge in [-0.1, -0.05) is 39.0 Å². The average Bonchev–Trinajstić information content (AvgIpc) is 2.94. The number of pyridine rings is 1. The summed E-state index contributed by atoms with van der Waals surface area (Å²) in [7, 11) is 1.70. The number of rotatable bonds is 6. The number of aromatic nitrogens is 2. The molecule has 0 aliphatic rings. The van der Waals surface area contributed by atoms with E-state index in [-0.39, 0.29) is 11.0 Å². The molecule has 1 aromatic carbocycles. The standard InChI is InChI=1S/C26H35N3O/c1-18-15-19(2)29-23(16-18)27-21(14-13-20-11-9-10-12-22(20)30-8)24(29)28-26(6,7)17-25(3,4)5/h9-16,28H,17H2,1-8H3. The monoisotopic (exact) mass is 405 g/mol. The Kier molecular flexibility index (Phi) is 5.98. The lowest BCUT2D eigenvalue weighted by Crippen LogP contribution is -2.36. The summed E-state index contributed by atoms with van der Waals surface area (Å²) in [6.07, 6.45) is 5.19. The summed E-state index contributed by atoms with van der Waals surface area (Å²) in [6.45, 7) is 15.6. The molecule has 0 saturated carbocycles. The maximum absolute atomic E-state index is 5.50. The second-order valence-electron chi connectivity index (χ2n) is 10.0. The molecule has 0 spiro atoms. The Hall–Kier alpha value is -2.75. The Bertz CT molecular complexity index is 1070. The fourth-order valence-electron chi connectivity index (χ4n) is 4.45. The SMILES string of the molecule is COc1ccccc1C=Cc1nc2cc(C)cc(C)n2c1NC(C)(C)CC(C)(C)C. The Labute approximate surface area is 181 Å². The van der Waals surface area contributed by atoms with Gasteiger partial charge in [0, 0.05) is 16.8 Å². The van der Waals surface area contributed by atoms with E-state index in [4.69, 9.17) is 9.72 Å². The Morgan fingerprint density at radius 1 is 1.03 bits per heavy atom. The van der Waals surface area contributed by atoms with Crippen LogP contribution >= 0.6 is 0 Å². The van der Waals surface area contributed by atoms with E-state index in [1.54, 1.807) is 7.11 Å². The van der Waals surface area contributed by atoms with Gasteiger partial charge in [0.1, 0.15) is 22.9 Å². The summed E-state index contributed by atoms with van der Waals surface area (Å²) in [5.74, 6) is 1.88. The molecule has 30 heavy (non-hydrogen) atoms. The van der Waals surface area contributed by atoms with Crippen LogP contribution in [0.5, 0.6) is 5.75 Å². The number of imidazole rings is 1. The molecule has 0 aliphatic carbocycles. The fourth-order valence-corrected chi connectivity index (χ4v) is 4.45. The van der Waals surface area contributed by atoms with Crippen LogP contribution in [0.15, 0.2) is 36.4 Å². The molecule has 0 unspecified atom stereocenters. The minimum absolute atomic E-state index is 0.0848. The molecule has 160 valence electrons. The van der Waals surface area contributed by atoms with Gasteiger partial charge in [0.05, 0.1) is 7.11 Å². The van der Waals surface area contributed by atoms with Gasteiger partial charge < -0.3 is 10.1 Å². The third-order valence-corrected chi connectivity index (χ3v) is 5.07. The lowest BCUT2D eigenvalue weighted by molar-refractivity contribution is 0.302. The smallest absolute Gasteiger partial charge is 0.139 e. The van der Waals surface area contributed by atoms with E-state index < -0.39 is 0 Å². The minimum atomic E-state index is -0.0848. The zero-order valence-corrected chi connectivity index (χ0v) is 19.6. The summed E-state index contributed by atoms with van der Waals surface area (Å²) in [6, 6.07) is 12.4. The highest BCUT2D eigenvalue weighted by molar-refractivity contribution is 5.78. The highest BCUT2D eigenvalue weighted by Crippen LogP contribution is 2.33. The molecule has 3 aromatic rings. The number of aryl methyl sites for hydroxylation is 2. The number of anilines is 1.